The maximum atomic E-state index is 10.9. The van der Waals surface area contributed by atoms with Gasteiger partial charge in [-0.2, -0.15) is 0 Å². The number of hydrogen-bond donors (Lipinski definition) is 1. The molecule has 0 aliphatic carbocycles. The highest BCUT2D eigenvalue weighted by molar-refractivity contribution is 5.91. The molecule has 15 heavy (non-hydrogen) atoms. The second-order valence-corrected chi connectivity index (χ2v) is 3.69. The molecule has 2 nitrogen and oxygen atoms in total. The summed E-state index contributed by atoms with van der Waals surface area (Å²) >= 11 is 0. The maximum Gasteiger partial charge on any atom is 0.244 e. The summed E-state index contributed by atoms with van der Waals surface area (Å²) < 4.78 is 0. The van der Waals surface area contributed by atoms with Crippen LogP contribution in [0.2, 0.25) is 0 Å². The van der Waals surface area contributed by atoms with Gasteiger partial charge in [0, 0.05) is 5.57 Å². The van der Waals surface area contributed by atoms with Crippen molar-refractivity contribution in [1.29, 1.82) is 0 Å². The van der Waals surface area contributed by atoms with Crippen molar-refractivity contribution in [3.8, 4) is 0 Å². The normalized spacial score (nSPS) is 12.1. The van der Waals surface area contributed by atoms with Crippen molar-refractivity contribution in [1.82, 2.24) is 0 Å². The van der Waals surface area contributed by atoms with E-state index in [0.29, 0.717) is 17.9 Å². The Morgan fingerprint density at radius 2 is 2.00 bits per heavy atom. The molecule has 80 valence electrons. The predicted molar refractivity (Wildman–Crippen MR) is 62.4 cm³/mol. The summed E-state index contributed by atoms with van der Waals surface area (Å²) in [7, 11) is 0. The number of carbonyl (C=O) groups excluding carboxylic acids is 1. The number of nitrogens with two attached hydrogens (primary N) is 1. The molecule has 1 unspecified atom stereocenters. The second kappa shape index (κ2) is 5.35. The van der Waals surface area contributed by atoms with E-state index in [2.05, 4.69) is 25.6 Å². The smallest absolute Gasteiger partial charge is 0.244 e. The molecule has 0 fully saturated rings. The van der Waals surface area contributed by atoms with Crippen LogP contribution >= 0.6 is 0 Å². The zero-order chi connectivity index (χ0) is 11.3. The Kier molecular flexibility index (Phi) is 4.10. The van der Waals surface area contributed by atoms with Crippen LogP contribution in [0.3, 0.4) is 0 Å². The number of benzene rings is 1. The largest absolute Gasteiger partial charge is 0.366 e. The first kappa shape index (κ1) is 11.5. The van der Waals surface area contributed by atoms with Gasteiger partial charge in [0.1, 0.15) is 0 Å². The fourth-order valence-electron chi connectivity index (χ4n) is 1.62. The number of primary amides is 1. The fraction of sp³-hybridized carbons (Fsp3) is 0.308. The van der Waals surface area contributed by atoms with Crippen molar-refractivity contribution in [3.63, 3.8) is 0 Å². The number of hydrogen-bond acceptors (Lipinski definition) is 1. The molecule has 0 aliphatic rings. The van der Waals surface area contributed by atoms with Gasteiger partial charge in [0.05, 0.1) is 0 Å². The van der Waals surface area contributed by atoms with E-state index in [9.17, 15) is 4.79 Å². The molecule has 1 rings (SSSR count). The SMILES string of the molecule is C=C(CC(CC)c1ccccc1)C(N)=O. The number of carbonyl (C=O) groups is 1. The van der Waals surface area contributed by atoms with Gasteiger partial charge in [0.25, 0.3) is 0 Å². The van der Waals surface area contributed by atoms with Crippen LogP contribution in [0.25, 0.3) is 0 Å². The van der Waals surface area contributed by atoms with Crippen LogP contribution in [-0.2, 0) is 4.79 Å². The van der Waals surface area contributed by atoms with E-state index >= 15 is 0 Å². The first-order valence-electron chi connectivity index (χ1n) is 5.17. The van der Waals surface area contributed by atoms with Gasteiger partial charge in [-0.05, 0) is 24.3 Å². The Morgan fingerprint density at radius 3 is 2.47 bits per heavy atom. The average Bonchev–Trinajstić information content (AvgIpc) is 2.26. The van der Waals surface area contributed by atoms with Crippen molar-refractivity contribution >= 4 is 5.91 Å². The minimum Gasteiger partial charge on any atom is -0.366 e. The lowest BCUT2D eigenvalue weighted by molar-refractivity contribution is -0.114. The Hall–Kier alpha value is -1.57. The van der Waals surface area contributed by atoms with E-state index < -0.39 is 5.91 Å². The van der Waals surface area contributed by atoms with E-state index in [-0.39, 0.29) is 0 Å². The van der Waals surface area contributed by atoms with Crippen LogP contribution in [0.5, 0.6) is 0 Å². The lowest BCUT2D eigenvalue weighted by Crippen LogP contribution is -2.15. The summed E-state index contributed by atoms with van der Waals surface area (Å²) in [6, 6.07) is 10.1. The minimum absolute atomic E-state index is 0.339. The van der Waals surface area contributed by atoms with Gasteiger partial charge in [0.15, 0.2) is 0 Å². The lowest BCUT2D eigenvalue weighted by atomic mass is 9.90. The summed E-state index contributed by atoms with van der Waals surface area (Å²) in [5.74, 6) is -0.0596. The van der Waals surface area contributed by atoms with Crippen LogP contribution in [0.1, 0.15) is 31.2 Å². The van der Waals surface area contributed by atoms with Gasteiger partial charge in [-0.3, -0.25) is 4.79 Å². The highest BCUT2D eigenvalue weighted by Gasteiger charge is 2.12. The third kappa shape index (κ3) is 3.24. The zero-order valence-electron chi connectivity index (χ0n) is 9.07. The van der Waals surface area contributed by atoms with E-state index in [0.717, 1.165) is 6.42 Å². The van der Waals surface area contributed by atoms with Crippen molar-refractivity contribution in [2.24, 2.45) is 5.73 Å². The van der Waals surface area contributed by atoms with Crippen LogP contribution in [0.15, 0.2) is 42.5 Å². The van der Waals surface area contributed by atoms with Crippen molar-refractivity contribution in [3.05, 3.63) is 48.0 Å². The second-order valence-electron chi connectivity index (χ2n) is 3.69. The van der Waals surface area contributed by atoms with E-state index in [4.69, 9.17) is 5.73 Å². The van der Waals surface area contributed by atoms with E-state index in [1.807, 2.05) is 18.2 Å². The molecule has 0 radical (unpaired) electrons. The Balaban J connectivity index is 2.73. The molecule has 0 spiro atoms. The zero-order valence-corrected chi connectivity index (χ0v) is 9.07. The molecule has 0 saturated heterocycles. The van der Waals surface area contributed by atoms with Gasteiger partial charge < -0.3 is 5.73 Å². The molecule has 1 atom stereocenters. The van der Waals surface area contributed by atoms with Crippen molar-refractivity contribution in [2.45, 2.75) is 25.7 Å². The number of amides is 1. The third-order valence-electron chi connectivity index (χ3n) is 2.61. The van der Waals surface area contributed by atoms with Crippen LogP contribution in [0.4, 0.5) is 0 Å². The summed E-state index contributed by atoms with van der Waals surface area (Å²) in [5, 5.41) is 0. The molecule has 1 aromatic rings. The Labute approximate surface area is 90.8 Å². The van der Waals surface area contributed by atoms with Gasteiger partial charge in [-0.25, -0.2) is 0 Å². The Morgan fingerprint density at radius 1 is 1.40 bits per heavy atom. The van der Waals surface area contributed by atoms with Crippen molar-refractivity contribution in [2.75, 3.05) is 0 Å². The molecule has 0 aliphatic heterocycles. The molecule has 1 amide bonds. The molecule has 1 aromatic carbocycles. The van der Waals surface area contributed by atoms with E-state index in [1.54, 1.807) is 0 Å². The lowest BCUT2D eigenvalue weighted by Gasteiger charge is -2.15. The third-order valence-corrected chi connectivity index (χ3v) is 2.61. The first-order chi connectivity index (χ1) is 7.15. The molecule has 2 N–H and O–H groups in total. The fourth-order valence-corrected chi connectivity index (χ4v) is 1.62. The summed E-state index contributed by atoms with van der Waals surface area (Å²) in [6.07, 6.45) is 1.63. The Bertz CT molecular complexity index is 343. The number of rotatable bonds is 5. The standard InChI is InChI=1S/C13H17NO/c1-3-11(9-10(2)13(14)15)12-7-5-4-6-8-12/h4-8,11H,2-3,9H2,1H3,(H2,14,15). The first-order valence-corrected chi connectivity index (χ1v) is 5.17. The highest BCUT2D eigenvalue weighted by atomic mass is 16.1. The molecular weight excluding hydrogens is 186 g/mol. The summed E-state index contributed by atoms with van der Waals surface area (Å²) in [5.41, 5.74) is 6.92. The highest BCUT2D eigenvalue weighted by Crippen LogP contribution is 2.25. The van der Waals surface area contributed by atoms with Gasteiger partial charge >= 0.3 is 0 Å². The van der Waals surface area contributed by atoms with Crippen LogP contribution in [0, 0.1) is 0 Å². The molecular formula is C13H17NO. The molecule has 0 bridgehead atoms. The molecule has 0 aromatic heterocycles. The summed E-state index contributed by atoms with van der Waals surface area (Å²) in [6.45, 7) is 5.80. The molecule has 2 heteroatoms. The monoisotopic (exact) mass is 203 g/mol. The minimum atomic E-state index is -0.399. The van der Waals surface area contributed by atoms with Crippen LogP contribution < -0.4 is 5.73 Å². The summed E-state index contributed by atoms with van der Waals surface area (Å²) in [4.78, 5) is 10.9. The van der Waals surface area contributed by atoms with Crippen molar-refractivity contribution < 1.29 is 4.79 Å². The van der Waals surface area contributed by atoms with Crippen LogP contribution in [-0.4, -0.2) is 5.91 Å². The van der Waals surface area contributed by atoms with E-state index in [1.165, 1.54) is 5.56 Å². The molecule has 0 saturated carbocycles. The van der Waals surface area contributed by atoms with Gasteiger partial charge in [0.2, 0.25) is 5.91 Å². The average molecular weight is 203 g/mol. The molecule has 0 heterocycles. The quantitative estimate of drug-likeness (QED) is 0.734. The topological polar surface area (TPSA) is 43.1 Å². The van der Waals surface area contributed by atoms with Gasteiger partial charge in [-0.1, -0.05) is 43.8 Å². The van der Waals surface area contributed by atoms with Gasteiger partial charge in [-0.15, -0.1) is 0 Å². The maximum absolute atomic E-state index is 10.9. The predicted octanol–water partition coefficient (Wildman–Crippen LogP) is 2.61.